The van der Waals surface area contributed by atoms with Crippen molar-refractivity contribution in [3.05, 3.63) is 113 Å². The fourth-order valence-electron chi connectivity index (χ4n) is 4.53. The fraction of sp³-hybridized carbons (Fsp3) is 0.333. The molecule has 1 saturated heterocycles. The first kappa shape index (κ1) is 28.9. The van der Waals surface area contributed by atoms with Crippen molar-refractivity contribution in [2.75, 3.05) is 26.7 Å². The van der Waals surface area contributed by atoms with Gasteiger partial charge < -0.3 is 15.5 Å². The molecule has 0 saturated carbocycles. The molecule has 2 N–H and O–H groups in total. The van der Waals surface area contributed by atoms with Crippen LogP contribution >= 0.6 is 0 Å². The number of aliphatic imine (C=N–C) groups is 2. The van der Waals surface area contributed by atoms with Crippen LogP contribution < -0.4 is 10.6 Å². The third-order valence-electron chi connectivity index (χ3n) is 6.55. The molecule has 0 aliphatic carbocycles. The lowest BCUT2D eigenvalue weighted by molar-refractivity contribution is 0.423. The number of hydrogen-bond acceptors (Lipinski definition) is 4. The molecule has 38 heavy (non-hydrogen) atoms. The first-order valence-electron chi connectivity index (χ1n) is 13.6. The molecule has 1 fully saturated rings. The van der Waals surface area contributed by atoms with Gasteiger partial charge in [0.2, 0.25) is 0 Å². The van der Waals surface area contributed by atoms with Crippen molar-refractivity contribution in [1.82, 2.24) is 15.5 Å². The molecule has 0 aromatic heterocycles. The molecule has 200 valence electrons. The van der Waals surface area contributed by atoms with E-state index >= 15 is 0 Å². The minimum Gasteiger partial charge on any atom is -0.366 e. The average molecular weight is 510 g/mol. The molecule has 5 nitrogen and oxygen atoms in total. The number of amidine groups is 1. The van der Waals surface area contributed by atoms with Crippen molar-refractivity contribution in [2.45, 2.75) is 46.2 Å². The highest BCUT2D eigenvalue weighted by Crippen LogP contribution is 2.20. The van der Waals surface area contributed by atoms with Crippen molar-refractivity contribution in [3.63, 3.8) is 0 Å². The summed E-state index contributed by atoms with van der Waals surface area (Å²) in [7, 11) is 1.99. The van der Waals surface area contributed by atoms with Crippen LogP contribution in [0.3, 0.4) is 0 Å². The summed E-state index contributed by atoms with van der Waals surface area (Å²) in [6, 6.07) is 17.2. The van der Waals surface area contributed by atoms with Crippen molar-refractivity contribution in [3.8, 4) is 0 Å². The predicted molar refractivity (Wildman–Crippen MR) is 165 cm³/mol. The Balaban J connectivity index is 1.82. The van der Waals surface area contributed by atoms with Crippen molar-refractivity contribution < 1.29 is 0 Å². The Hall–Kier alpha value is -3.70. The molecule has 2 aromatic rings. The Labute approximate surface area is 229 Å². The SMILES string of the molecule is C=N/C(=C\C(=NCc1ccc(C(/C=C\C)=C/C(=C)C)cc1)NCc1ccccc1CCNC)N1CCCC1. The van der Waals surface area contributed by atoms with E-state index in [1.165, 1.54) is 29.5 Å². The molecule has 0 spiro atoms. The van der Waals surface area contributed by atoms with Crippen LogP contribution in [0.25, 0.3) is 5.57 Å². The van der Waals surface area contributed by atoms with Gasteiger partial charge in [-0.05, 0) is 81.2 Å². The van der Waals surface area contributed by atoms with E-state index in [0.717, 1.165) is 54.4 Å². The lowest BCUT2D eigenvalue weighted by atomic mass is 10.0. The van der Waals surface area contributed by atoms with E-state index < -0.39 is 0 Å². The monoisotopic (exact) mass is 509 g/mol. The molecule has 1 aliphatic rings. The third-order valence-corrected chi connectivity index (χ3v) is 6.55. The number of likely N-dealkylation sites (N-methyl/N-ethyl adjacent to an activating group) is 1. The summed E-state index contributed by atoms with van der Waals surface area (Å²) in [6.45, 7) is 16.2. The van der Waals surface area contributed by atoms with E-state index in [1.54, 1.807) is 0 Å². The van der Waals surface area contributed by atoms with E-state index in [-0.39, 0.29) is 0 Å². The first-order chi connectivity index (χ1) is 18.5. The van der Waals surface area contributed by atoms with Crippen molar-refractivity contribution in [1.29, 1.82) is 0 Å². The average Bonchev–Trinajstić information content (AvgIpc) is 3.47. The molecule has 5 heteroatoms. The van der Waals surface area contributed by atoms with Gasteiger partial charge in [0.05, 0.1) is 6.54 Å². The molecule has 0 bridgehead atoms. The van der Waals surface area contributed by atoms with E-state index in [1.807, 2.05) is 27.0 Å². The second-order valence-electron chi connectivity index (χ2n) is 9.68. The Morgan fingerprint density at radius 1 is 1.03 bits per heavy atom. The minimum absolute atomic E-state index is 0.577. The molecule has 1 aliphatic heterocycles. The second-order valence-corrected chi connectivity index (χ2v) is 9.68. The largest absolute Gasteiger partial charge is 0.366 e. The molecule has 1 heterocycles. The quantitative estimate of drug-likeness (QED) is 0.189. The Morgan fingerprint density at radius 3 is 2.37 bits per heavy atom. The Kier molecular flexibility index (Phi) is 11.8. The van der Waals surface area contributed by atoms with Crippen LogP contribution in [0.5, 0.6) is 0 Å². The van der Waals surface area contributed by atoms with Crippen LogP contribution in [0.4, 0.5) is 0 Å². The number of allylic oxidation sites excluding steroid dienone is 5. The van der Waals surface area contributed by atoms with Gasteiger partial charge >= 0.3 is 0 Å². The Bertz CT molecular complexity index is 1180. The number of rotatable bonds is 13. The summed E-state index contributed by atoms with van der Waals surface area (Å²) in [5.74, 6) is 1.71. The van der Waals surface area contributed by atoms with Crippen LogP contribution in [0.2, 0.25) is 0 Å². The summed E-state index contributed by atoms with van der Waals surface area (Å²) in [4.78, 5) is 11.6. The van der Waals surface area contributed by atoms with Gasteiger partial charge in [0.1, 0.15) is 11.7 Å². The maximum atomic E-state index is 4.98. The van der Waals surface area contributed by atoms with Gasteiger partial charge in [-0.1, -0.05) is 78.9 Å². The predicted octanol–water partition coefficient (Wildman–Crippen LogP) is 6.31. The van der Waals surface area contributed by atoms with E-state index in [2.05, 4.69) is 101 Å². The van der Waals surface area contributed by atoms with Crippen molar-refractivity contribution >= 4 is 18.1 Å². The zero-order chi connectivity index (χ0) is 27.2. The third kappa shape index (κ3) is 9.00. The molecule has 3 rings (SSSR count). The number of nitrogens with one attached hydrogen (secondary N) is 2. The van der Waals surface area contributed by atoms with Gasteiger partial charge in [-0.2, -0.15) is 0 Å². The zero-order valence-electron chi connectivity index (χ0n) is 23.3. The number of hydrogen-bond donors (Lipinski definition) is 2. The molecular formula is C33H43N5. The first-order valence-corrected chi connectivity index (χ1v) is 13.6. The summed E-state index contributed by atoms with van der Waals surface area (Å²) in [5, 5.41) is 6.84. The number of nitrogens with zero attached hydrogens (tertiary/aromatic N) is 3. The van der Waals surface area contributed by atoms with E-state index in [4.69, 9.17) is 4.99 Å². The Morgan fingerprint density at radius 2 is 1.74 bits per heavy atom. The molecular weight excluding hydrogens is 466 g/mol. The summed E-state index contributed by atoms with van der Waals surface area (Å²) < 4.78 is 0. The molecule has 0 unspecified atom stereocenters. The highest BCUT2D eigenvalue weighted by molar-refractivity contribution is 5.93. The van der Waals surface area contributed by atoms with Crippen LogP contribution in [0, 0.1) is 0 Å². The minimum atomic E-state index is 0.577. The van der Waals surface area contributed by atoms with Gasteiger partial charge in [0, 0.05) is 25.7 Å². The van der Waals surface area contributed by atoms with E-state index in [0.29, 0.717) is 13.1 Å². The maximum absolute atomic E-state index is 4.98. The number of likely N-dealkylation sites (tertiary alicyclic amines) is 1. The van der Waals surface area contributed by atoms with Gasteiger partial charge in [0.15, 0.2) is 0 Å². The fourth-order valence-corrected chi connectivity index (χ4v) is 4.53. The maximum Gasteiger partial charge on any atom is 0.131 e. The smallest absolute Gasteiger partial charge is 0.131 e. The van der Waals surface area contributed by atoms with Crippen LogP contribution in [0.1, 0.15) is 48.9 Å². The lowest BCUT2D eigenvalue weighted by Gasteiger charge is -2.18. The topological polar surface area (TPSA) is 52.0 Å². The standard InChI is InChI=1S/C33H43N5/c1-6-11-30(22-26(2)3)29-16-14-27(15-17-29)24-36-32(23-33(35-5)38-20-9-10-21-38)37-25-31-13-8-7-12-28(31)18-19-34-4/h6-8,11-17,22-23,34H,2,5,9-10,18-21,24-25H2,1,3-4H3,(H,36,37)/b11-6-,30-22+,33-23+. The summed E-state index contributed by atoms with van der Waals surface area (Å²) in [6.07, 6.45) is 11.7. The lowest BCUT2D eigenvalue weighted by Crippen LogP contribution is -2.25. The van der Waals surface area contributed by atoms with Crippen LogP contribution in [-0.2, 0) is 19.5 Å². The number of benzene rings is 2. The highest BCUT2D eigenvalue weighted by Gasteiger charge is 2.14. The van der Waals surface area contributed by atoms with Crippen LogP contribution in [0.15, 0.2) is 101 Å². The van der Waals surface area contributed by atoms with Gasteiger partial charge in [-0.25, -0.2) is 4.99 Å². The summed E-state index contributed by atoms with van der Waals surface area (Å²) in [5.41, 5.74) is 7.14. The second kappa shape index (κ2) is 15.5. The molecule has 2 aromatic carbocycles. The highest BCUT2D eigenvalue weighted by atomic mass is 15.2. The molecule has 0 amide bonds. The molecule has 0 atom stereocenters. The van der Waals surface area contributed by atoms with Crippen LogP contribution in [-0.4, -0.2) is 44.1 Å². The summed E-state index contributed by atoms with van der Waals surface area (Å²) >= 11 is 0. The molecule has 0 radical (unpaired) electrons. The van der Waals surface area contributed by atoms with E-state index in [9.17, 15) is 0 Å². The van der Waals surface area contributed by atoms with Gasteiger partial charge in [-0.3, -0.25) is 4.99 Å². The van der Waals surface area contributed by atoms with Gasteiger partial charge in [-0.15, -0.1) is 0 Å². The van der Waals surface area contributed by atoms with Crippen molar-refractivity contribution in [2.24, 2.45) is 9.98 Å². The van der Waals surface area contributed by atoms with Gasteiger partial charge in [0.25, 0.3) is 0 Å². The zero-order valence-corrected chi connectivity index (χ0v) is 23.3. The normalized spacial score (nSPS) is 14.8.